The van der Waals surface area contributed by atoms with E-state index in [2.05, 4.69) is 46.3 Å². The lowest BCUT2D eigenvalue weighted by molar-refractivity contribution is 0.177. The number of nitrogens with zero attached hydrogens (tertiary/aromatic N) is 2. The van der Waals surface area contributed by atoms with Gasteiger partial charge < -0.3 is 10.2 Å². The van der Waals surface area contributed by atoms with Crippen LogP contribution in [0.25, 0.3) is 0 Å². The van der Waals surface area contributed by atoms with Crippen LogP contribution >= 0.6 is 12.2 Å². The minimum absolute atomic E-state index is 0.240. The van der Waals surface area contributed by atoms with Crippen LogP contribution in [-0.2, 0) is 6.54 Å². The zero-order valence-corrected chi connectivity index (χ0v) is 14.7. The molecule has 0 aromatic heterocycles. The van der Waals surface area contributed by atoms with Gasteiger partial charge in [-0.1, -0.05) is 29.8 Å². The Labute approximate surface area is 148 Å². The van der Waals surface area contributed by atoms with Crippen molar-refractivity contribution in [2.24, 2.45) is 0 Å². The highest BCUT2D eigenvalue weighted by Gasteiger charge is 2.19. The third-order valence-corrected chi connectivity index (χ3v) is 4.64. The molecule has 5 heteroatoms. The van der Waals surface area contributed by atoms with Gasteiger partial charge in [0.2, 0.25) is 0 Å². The Kier molecular flexibility index (Phi) is 5.43. The predicted octanol–water partition coefficient (Wildman–Crippen LogP) is 3.65. The Morgan fingerprint density at radius 3 is 2.25 bits per heavy atom. The second kappa shape index (κ2) is 7.73. The lowest BCUT2D eigenvalue weighted by Gasteiger charge is -2.36. The topological polar surface area (TPSA) is 18.5 Å². The van der Waals surface area contributed by atoms with E-state index < -0.39 is 0 Å². The maximum Gasteiger partial charge on any atom is 0.173 e. The van der Waals surface area contributed by atoms with Crippen LogP contribution in [0.1, 0.15) is 11.1 Å². The molecule has 1 heterocycles. The molecule has 1 fully saturated rings. The molecule has 0 unspecified atom stereocenters. The maximum atomic E-state index is 12.9. The normalized spacial score (nSPS) is 15.3. The van der Waals surface area contributed by atoms with Crippen LogP contribution in [-0.4, -0.2) is 41.1 Å². The van der Waals surface area contributed by atoms with E-state index >= 15 is 0 Å². The van der Waals surface area contributed by atoms with Crippen molar-refractivity contribution in [2.75, 3.05) is 31.5 Å². The molecule has 1 saturated heterocycles. The summed E-state index contributed by atoms with van der Waals surface area (Å²) in [7, 11) is 0. The summed E-state index contributed by atoms with van der Waals surface area (Å²) in [6.07, 6.45) is 0. The Morgan fingerprint density at radius 2 is 1.62 bits per heavy atom. The van der Waals surface area contributed by atoms with Crippen molar-refractivity contribution >= 4 is 23.0 Å². The summed E-state index contributed by atoms with van der Waals surface area (Å²) in [5.41, 5.74) is 3.46. The summed E-state index contributed by atoms with van der Waals surface area (Å²) in [5, 5.41) is 3.89. The van der Waals surface area contributed by atoms with Gasteiger partial charge in [0.15, 0.2) is 5.11 Å². The average molecular weight is 343 g/mol. The molecule has 0 saturated carbocycles. The molecule has 0 bridgehead atoms. The van der Waals surface area contributed by atoms with Crippen LogP contribution in [0.2, 0.25) is 0 Å². The SMILES string of the molecule is Cc1ccc(CN2CCN(C(=S)Nc3ccc(F)cc3)CC2)cc1. The standard InChI is InChI=1S/C19H22FN3S/c1-15-2-4-16(5-3-15)14-22-10-12-23(13-11-22)19(24)21-18-8-6-17(20)7-9-18/h2-9H,10-14H2,1H3,(H,21,24). The van der Waals surface area contributed by atoms with Crippen molar-refractivity contribution in [1.82, 2.24) is 9.80 Å². The van der Waals surface area contributed by atoms with E-state index in [0.717, 1.165) is 38.4 Å². The van der Waals surface area contributed by atoms with E-state index in [1.807, 2.05) is 0 Å². The monoisotopic (exact) mass is 343 g/mol. The average Bonchev–Trinajstić information content (AvgIpc) is 2.59. The Hall–Kier alpha value is -1.98. The second-order valence-electron chi connectivity index (χ2n) is 6.19. The molecule has 3 nitrogen and oxygen atoms in total. The number of aryl methyl sites for hydroxylation is 1. The highest BCUT2D eigenvalue weighted by Crippen LogP contribution is 2.13. The van der Waals surface area contributed by atoms with Gasteiger partial charge in [0, 0.05) is 38.4 Å². The molecule has 24 heavy (non-hydrogen) atoms. The van der Waals surface area contributed by atoms with Crippen molar-refractivity contribution < 1.29 is 4.39 Å². The fraction of sp³-hybridized carbons (Fsp3) is 0.316. The van der Waals surface area contributed by atoms with Crippen molar-refractivity contribution in [1.29, 1.82) is 0 Å². The molecule has 3 rings (SSSR count). The zero-order chi connectivity index (χ0) is 16.9. The first-order valence-corrected chi connectivity index (χ1v) is 8.60. The minimum Gasteiger partial charge on any atom is -0.346 e. The molecular weight excluding hydrogens is 321 g/mol. The van der Waals surface area contributed by atoms with Crippen LogP contribution < -0.4 is 5.32 Å². The van der Waals surface area contributed by atoms with E-state index in [-0.39, 0.29) is 5.82 Å². The highest BCUT2D eigenvalue weighted by atomic mass is 32.1. The quantitative estimate of drug-likeness (QED) is 0.857. The molecular formula is C19H22FN3S. The first-order chi connectivity index (χ1) is 11.6. The van der Waals surface area contributed by atoms with Crippen LogP contribution in [0.5, 0.6) is 0 Å². The third kappa shape index (κ3) is 4.52. The largest absolute Gasteiger partial charge is 0.346 e. The van der Waals surface area contributed by atoms with Gasteiger partial charge >= 0.3 is 0 Å². The number of hydrogen-bond acceptors (Lipinski definition) is 2. The van der Waals surface area contributed by atoms with Crippen LogP contribution in [0.15, 0.2) is 48.5 Å². The molecule has 1 aliphatic rings. The van der Waals surface area contributed by atoms with Crippen molar-refractivity contribution in [3.05, 3.63) is 65.5 Å². The molecule has 0 radical (unpaired) electrons. The first-order valence-electron chi connectivity index (χ1n) is 8.19. The summed E-state index contributed by atoms with van der Waals surface area (Å²) < 4.78 is 12.9. The number of benzene rings is 2. The smallest absolute Gasteiger partial charge is 0.173 e. The van der Waals surface area contributed by atoms with Crippen LogP contribution in [0.4, 0.5) is 10.1 Å². The Balaban J connectivity index is 1.48. The van der Waals surface area contributed by atoms with E-state index in [1.165, 1.54) is 23.3 Å². The van der Waals surface area contributed by atoms with Crippen LogP contribution in [0, 0.1) is 12.7 Å². The number of hydrogen-bond donors (Lipinski definition) is 1. The van der Waals surface area contributed by atoms with Crippen molar-refractivity contribution in [3.63, 3.8) is 0 Å². The van der Waals surface area contributed by atoms with Crippen molar-refractivity contribution in [3.8, 4) is 0 Å². The molecule has 1 aliphatic heterocycles. The van der Waals surface area contributed by atoms with E-state index in [1.54, 1.807) is 12.1 Å². The number of nitrogens with one attached hydrogen (secondary N) is 1. The second-order valence-corrected chi connectivity index (χ2v) is 6.57. The molecule has 2 aromatic rings. The summed E-state index contributed by atoms with van der Waals surface area (Å²) in [5.74, 6) is -0.240. The van der Waals surface area contributed by atoms with Gasteiger partial charge in [-0.05, 0) is 49.0 Å². The fourth-order valence-electron chi connectivity index (χ4n) is 2.80. The predicted molar refractivity (Wildman–Crippen MR) is 101 cm³/mol. The number of rotatable bonds is 3. The lowest BCUT2D eigenvalue weighted by atomic mass is 10.1. The number of thiocarbonyl (C=S) groups is 1. The molecule has 0 aliphatic carbocycles. The number of anilines is 1. The van der Waals surface area contributed by atoms with Gasteiger partial charge in [-0.25, -0.2) is 4.39 Å². The first kappa shape index (κ1) is 16.9. The maximum absolute atomic E-state index is 12.9. The Morgan fingerprint density at radius 1 is 1.00 bits per heavy atom. The van der Waals surface area contributed by atoms with E-state index in [9.17, 15) is 4.39 Å². The van der Waals surface area contributed by atoms with Crippen LogP contribution in [0.3, 0.4) is 0 Å². The van der Waals surface area contributed by atoms with Crippen molar-refractivity contribution in [2.45, 2.75) is 13.5 Å². The van der Waals surface area contributed by atoms with E-state index in [0.29, 0.717) is 5.11 Å². The number of halogens is 1. The summed E-state index contributed by atoms with van der Waals surface area (Å²) >= 11 is 5.47. The zero-order valence-electron chi connectivity index (χ0n) is 13.8. The molecule has 0 atom stereocenters. The van der Waals surface area contributed by atoms with Gasteiger partial charge in [0.1, 0.15) is 5.82 Å². The molecule has 2 aromatic carbocycles. The van der Waals surface area contributed by atoms with Gasteiger partial charge in [-0.3, -0.25) is 4.90 Å². The summed E-state index contributed by atoms with van der Waals surface area (Å²) in [6, 6.07) is 15.0. The third-order valence-electron chi connectivity index (χ3n) is 4.28. The lowest BCUT2D eigenvalue weighted by Crippen LogP contribution is -2.49. The fourth-order valence-corrected chi connectivity index (χ4v) is 3.10. The summed E-state index contributed by atoms with van der Waals surface area (Å²) in [6.45, 7) is 6.86. The van der Waals surface area contributed by atoms with Gasteiger partial charge in [-0.2, -0.15) is 0 Å². The molecule has 0 spiro atoms. The summed E-state index contributed by atoms with van der Waals surface area (Å²) in [4.78, 5) is 4.62. The number of piperazine rings is 1. The Bertz CT molecular complexity index is 677. The minimum atomic E-state index is -0.240. The highest BCUT2D eigenvalue weighted by molar-refractivity contribution is 7.80. The molecule has 0 amide bonds. The van der Waals surface area contributed by atoms with Gasteiger partial charge in [0.05, 0.1) is 0 Å². The van der Waals surface area contributed by atoms with Gasteiger partial charge in [-0.15, -0.1) is 0 Å². The van der Waals surface area contributed by atoms with E-state index in [4.69, 9.17) is 12.2 Å². The molecule has 1 N–H and O–H groups in total. The molecule has 126 valence electrons. The van der Waals surface area contributed by atoms with Gasteiger partial charge in [0.25, 0.3) is 0 Å².